The first-order valence-electron chi connectivity index (χ1n) is 11.3. The highest BCUT2D eigenvalue weighted by Crippen LogP contribution is 2.32. The van der Waals surface area contributed by atoms with E-state index < -0.39 is 16.9 Å². The summed E-state index contributed by atoms with van der Waals surface area (Å²) in [5, 5.41) is 11.5. The van der Waals surface area contributed by atoms with Gasteiger partial charge in [-0.25, -0.2) is 9.79 Å². The molecule has 2 heterocycles. The topological polar surface area (TPSA) is 113 Å². The number of rotatable bonds is 7. The zero-order valence-electron chi connectivity index (χ0n) is 20.9. The van der Waals surface area contributed by atoms with E-state index in [9.17, 15) is 19.7 Å². The second-order valence-corrected chi connectivity index (χ2v) is 10.4. The van der Waals surface area contributed by atoms with Gasteiger partial charge in [0.25, 0.3) is 5.56 Å². The number of carbonyl (C=O) groups excluding carboxylic acids is 1. The van der Waals surface area contributed by atoms with Crippen molar-refractivity contribution in [2.45, 2.75) is 37.8 Å². The van der Waals surface area contributed by atoms with Crippen LogP contribution < -0.4 is 19.6 Å². The fraction of sp³-hybridized carbons (Fsp3) is 0.269. The van der Waals surface area contributed by atoms with Crippen LogP contribution in [0.2, 0.25) is 0 Å². The molecule has 0 bridgehead atoms. The second-order valence-electron chi connectivity index (χ2n) is 8.50. The van der Waals surface area contributed by atoms with Gasteiger partial charge in [0, 0.05) is 11.0 Å². The van der Waals surface area contributed by atoms with Gasteiger partial charge >= 0.3 is 11.7 Å². The number of nitrogens with zero attached hydrogens (tertiary/aromatic N) is 3. The van der Waals surface area contributed by atoms with E-state index in [1.54, 1.807) is 44.7 Å². The molecule has 9 nitrogen and oxygen atoms in total. The highest BCUT2D eigenvalue weighted by molar-refractivity contribution is 7.98. The Balaban J connectivity index is 1.92. The van der Waals surface area contributed by atoms with Crippen LogP contribution in [-0.4, -0.2) is 34.9 Å². The molecule has 0 N–H and O–H groups in total. The maximum atomic E-state index is 13.7. The number of fused-ring (bicyclic) bond motifs is 1. The van der Waals surface area contributed by atoms with Crippen molar-refractivity contribution in [3.05, 3.63) is 94.7 Å². The number of hydrogen-bond donors (Lipinski definition) is 0. The third kappa shape index (κ3) is 5.23. The van der Waals surface area contributed by atoms with Gasteiger partial charge in [-0.05, 0) is 62.4 Å². The molecular formula is C26H25N3O6S2. The summed E-state index contributed by atoms with van der Waals surface area (Å²) in [4.78, 5) is 43.8. The maximum absolute atomic E-state index is 13.7. The minimum atomic E-state index is -0.731. The third-order valence-electron chi connectivity index (χ3n) is 5.71. The van der Waals surface area contributed by atoms with Crippen LogP contribution >= 0.6 is 23.1 Å². The molecule has 3 aromatic rings. The molecule has 1 atom stereocenters. The molecule has 1 aliphatic rings. The standard InChI is InChI=1S/C26H25N3O6S2/c1-14(2)35-25(31)22-15(3)27-26-28(23(22)17-7-9-18(36-5)10-8-17)24(30)21(37-26)13-16-6-11-20(34-4)19(12-16)29(32)33/h6-14,23H,1-5H3/b21-13-/t23-/m1/s1. The largest absolute Gasteiger partial charge is 0.490 e. The summed E-state index contributed by atoms with van der Waals surface area (Å²) in [6, 6.07) is 11.4. The van der Waals surface area contributed by atoms with Gasteiger partial charge in [0.05, 0.1) is 40.0 Å². The molecule has 0 amide bonds. The normalized spacial score (nSPS) is 15.4. The van der Waals surface area contributed by atoms with Crippen LogP contribution in [0.1, 0.15) is 37.9 Å². The summed E-state index contributed by atoms with van der Waals surface area (Å²) >= 11 is 2.74. The van der Waals surface area contributed by atoms with Gasteiger partial charge in [0.2, 0.25) is 0 Å². The molecule has 0 radical (unpaired) electrons. The average Bonchev–Trinajstić information content (AvgIpc) is 3.16. The Morgan fingerprint density at radius 1 is 1.24 bits per heavy atom. The predicted octanol–water partition coefficient (Wildman–Crippen LogP) is 3.83. The van der Waals surface area contributed by atoms with Gasteiger partial charge in [0.1, 0.15) is 0 Å². The van der Waals surface area contributed by atoms with Crippen LogP contribution in [0, 0.1) is 10.1 Å². The lowest BCUT2D eigenvalue weighted by atomic mass is 9.96. The van der Waals surface area contributed by atoms with Crippen molar-refractivity contribution in [1.82, 2.24) is 4.57 Å². The summed E-state index contributed by atoms with van der Waals surface area (Å²) in [6.45, 7) is 5.25. The van der Waals surface area contributed by atoms with Crippen molar-refractivity contribution < 1.29 is 19.2 Å². The minimum absolute atomic E-state index is 0.126. The average molecular weight is 540 g/mol. The van der Waals surface area contributed by atoms with Crippen LogP contribution in [0.4, 0.5) is 5.69 Å². The Bertz CT molecular complexity index is 1590. The monoisotopic (exact) mass is 539 g/mol. The Labute approximate surface area is 220 Å². The number of allylic oxidation sites excluding steroid dienone is 1. The predicted molar refractivity (Wildman–Crippen MR) is 143 cm³/mol. The highest BCUT2D eigenvalue weighted by atomic mass is 32.2. The molecule has 2 aromatic carbocycles. The number of benzene rings is 2. The van der Waals surface area contributed by atoms with Crippen molar-refractivity contribution >= 4 is 40.8 Å². The van der Waals surface area contributed by atoms with E-state index in [-0.39, 0.29) is 23.1 Å². The molecule has 0 aliphatic carbocycles. The van der Waals surface area contributed by atoms with Crippen molar-refractivity contribution in [2.24, 2.45) is 4.99 Å². The fourth-order valence-electron chi connectivity index (χ4n) is 4.05. The molecule has 0 fully saturated rings. The van der Waals surface area contributed by atoms with E-state index in [2.05, 4.69) is 4.99 Å². The smallest absolute Gasteiger partial charge is 0.338 e. The van der Waals surface area contributed by atoms with Gasteiger partial charge in [0.15, 0.2) is 10.6 Å². The van der Waals surface area contributed by atoms with Crippen molar-refractivity contribution in [3.8, 4) is 5.75 Å². The SMILES string of the molecule is COc1ccc(/C=c2\sc3n(c2=O)[C@H](c2ccc(SC)cc2)C(C(=O)OC(C)C)=C(C)N=3)cc1[N+](=O)[O-]. The summed E-state index contributed by atoms with van der Waals surface area (Å²) in [5.41, 5.74) is 1.42. The van der Waals surface area contributed by atoms with E-state index in [0.29, 0.717) is 26.2 Å². The number of thiazole rings is 1. The van der Waals surface area contributed by atoms with Gasteiger partial charge in [-0.1, -0.05) is 29.5 Å². The molecular weight excluding hydrogens is 514 g/mol. The van der Waals surface area contributed by atoms with Crippen LogP contribution in [0.3, 0.4) is 0 Å². The number of esters is 1. The summed E-state index contributed by atoms with van der Waals surface area (Å²) in [6.07, 6.45) is 3.20. The molecule has 0 unspecified atom stereocenters. The fourth-order valence-corrected chi connectivity index (χ4v) is 5.51. The van der Waals surface area contributed by atoms with E-state index in [1.807, 2.05) is 30.5 Å². The quantitative estimate of drug-likeness (QED) is 0.194. The molecule has 1 aromatic heterocycles. The number of methoxy groups -OCH3 is 1. The number of thioether (sulfide) groups is 1. The number of hydrogen-bond acceptors (Lipinski definition) is 9. The van der Waals surface area contributed by atoms with Crippen LogP contribution in [0.25, 0.3) is 6.08 Å². The lowest BCUT2D eigenvalue weighted by Gasteiger charge is -2.25. The second kappa shape index (κ2) is 10.7. The molecule has 0 spiro atoms. The molecule has 4 rings (SSSR count). The van der Waals surface area contributed by atoms with E-state index in [0.717, 1.165) is 21.8 Å². The summed E-state index contributed by atoms with van der Waals surface area (Å²) in [5.74, 6) is -0.406. The summed E-state index contributed by atoms with van der Waals surface area (Å²) < 4.78 is 12.4. The maximum Gasteiger partial charge on any atom is 0.338 e. The Hall–Kier alpha value is -3.70. The van der Waals surface area contributed by atoms with Crippen LogP contribution in [0.5, 0.6) is 5.75 Å². The zero-order chi connectivity index (χ0) is 26.9. The first-order chi connectivity index (χ1) is 17.6. The van der Waals surface area contributed by atoms with E-state index in [1.165, 1.54) is 23.8 Å². The van der Waals surface area contributed by atoms with E-state index >= 15 is 0 Å². The molecule has 37 heavy (non-hydrogen) atoms. The summed E-state index contributed by atoms with van der Waals surface area (Å²) in [7, 11) is 1.36. The Morgan fingerprint density at radius 3 is 2.54 bits per heavy atom. The molecule has 1 aliphatic heterocycles. The van der Waals surface area contributed by atoms with Crippen molar-refractivity contribution in [3.63, 3.8) is 0 Å². The molecule has 0 saturated heterocycles. The highest BCUT2D eigenvalue weighted by Gasteiger charge is 2.33. The van der Waals surface area contributed by atoms with Crippen molar-refractivity contribution in [1.29, 1.82) is 0 Å². The molecule has 11 heteroatoms. The Morgan fingerprint density at radius 2 is 1.95 bits per heavy atom. The molecule has 192 valence electrons. The lowest BCUT2D eigenvalue weighted by molar-refractivity contribution is -0.385. The number of aromatic nitrogens is 1. The number of ether oxygens (including phenoxy) is 2. The minimum Gasteiger partial charge on any atom is -0.490 e. The number of carbonyl (C=O) groups is 1. The lowest BCUT2D eigenvalue weighted by Crippen LogP contribution is -2.40. The Kier molecular flexibility index (Phi) is 7.65. The number of nitro benzene ring substituents is 1. The van der Waals surface area contributed by atoms with Gasteiger partial charge < -0.3 is 9.47 Å². The van der Waals surface area contributed by atoms with Gasteiger partial charge in [-0.2, -0.15) is 0 Å². The zero-order valence-corrected chi connectivity index (χ0v) is 22.5. The first-order valence-corrected chi connectivity index (χ1v) is 13.4. The van der Waals surface area contributed by atoms with Crippen molar-refractivity contribution in [2.75, 3.05) is 13.4 Å². The first kappa shape index (κ1) is 26.4. The third-order valence-corrected chi connectivity index (χ3v) is 7.44. The van der Waals surface area contributed by atoms with Crippen LogP contribution in [-0.2, 0) is 9.53 Å². The van der Waals surface area contributed by atoms with Gasteiger partial charge in [-0.15, -0.1) is 11.8 Å². The van der Waals surface area contributed by atoms with E-state index in [4.69, 9.17) is 9.47 Å². The molecule has 0 saturated carbocycles. The van der Waals surface area contributed by atoms with Crippen LogP contribution in [0.15, 0.2) is 68.4 Å². The number of nitro groups is 1. The van der Waals surface area contributed by atoms with Gasteiger partial charge in [-0.3, -0.25) is 19.5 Å².